The minimum absolute atomic E-state index is 0.0240. The van der Waals surface area contributed by atoms with E-state index in [4.69, 9.17) is 5.73 Å². The van der Waals surface area contributed by atoms with E-state index in [9.17, 15) is 14.7 Å². The topological polar surface area (TPSA) is 80.4 Å². The molecule has 0 heterocycles. The second-order valence-electron chi connectivity index (χ2n) is 4.47. The molecule has 0 aromatic carbocycles. The van der Waals surface area contributed by atoms with Crippen molar-refractivity contribution in [3.05, 3.63) is 23.0 Å². The average Bonchev–Trinajstić information content (AvgIpc) is 2.23. The smallest absolute Gasteiger partial charge is 0.252 e. The lowest BCUT2D eigenvalue weighted by molar-refractivity contribution is -0.117. The molecule has 4 nitrogen and oxygen atoms in total. The van der Waals surface area contributed by atoms with E-state index in [0.717, 1.165) is 12.8 Å². The molecule has 2 aliphatic carbocycles. The monoisotopic (exact) mass is 221 g/mol. The summed E-state index contributed by atoms with van der Waals surface area (Å²) in [5, 5.41) is 9.86. The number of allylic oxidation sites excluding steroid dienone is 2. The first-order valence-corrected chi connectivity index (χ1v) is 5.50. The first kappa shape index (κ1) is 10.9. The van der Waals surface area contributed by atoms with E-state index >= 15 is 0 Å². The molecule has 1 saturated carbocycles. The molecule has 0 spiro atoms. The van der Waals surface area contributed by atoms with E-state index in [2.05, 4.69) is 0 Å². The molecular formula is C12H15NO3. The zero-order valence-corrected chi connectivity index (χ0v) is 9.19. The van der Waals surface area contributed by atoms with Gasteiger partial charge in [-0.1, -0.05) is 6.92 Å². The third kappa shape index (κ3) is 1.54. The second kappa shape index (κ2) is 3.77. The Balaban J connectivity index is 2.47. The van der Waals surface area contributed by atoms with Gasteiger partial charge in [0.2, 0.25) is 0 Å². The molecule has 0 aromatic rings. The fraction of sp³-hybridized carbons (Fsp3) is 0.500. The number of aliphatic hydroxyl groups is 1. The summed E-state index contributed by atoms with van der Waals surface area (Å²) in [6.07, 6.45) is 3.74. The van der Waals surface area contributed by atoms with Gasteiger partial charge in [0.25, 0.3) is 5.91 Å². The van der Waals surface area contributed by atoms with Crippen molar-refractivity contribution in [2.75, 3.05) is 0 Å². The standard InChI is InChI=1S/C12H15NO3/c1-6-7-3-2-4-10(14)8(7)5-9(11(6)15)12(13)16/h5-7,15H,2-4H2,1H3,(H2,13,16). The van der Waals surface area contributed by atoms with Crippen LogP contribution >= 0.6 is 0 Å². The zero-order chi connectivity index (χ0) is 11.9. The number of Topliss-reactive ketones (excluding diaryl/α,β-unsaturated/α-hetero) is 1. The van der Waals surface area contributed by atoms with E-state index in [-0.39, 0.29) is 29.0 Å². The van der Waals surface area contributed by atoms with Crippen molar-refractivity contribution >= 4 is 11.7 Å². The minimum atomic E-state index is -0.673. The van der Waals surface area contributed by atoms with Gasteiger partial charge in [-0.05, 0) is 30.4 Å². The predicted molar refractivity (Wildman–Crippen MR) is 58.4 cm³/mol. The first-order valence-electron chi connectivity index (χ1n) is 5.50. The van der Waals surface area contributed by atoms with Crippen LogP contribution < -0.4 is 5.73 Å². The molecule has 4 heteroatoms. The number of nitrogens with two attached hydrogens (primary N) is 1. The Morgan fingerprint density at radius 3 is 2.88 bits per heavy atom. The van der Waals surface area contributed by atoms with Crippen LogP contribution in [0.25, 0.3) is 0 Å². The second-order valence-corrected chi connectivity index (χ2v) is 4.47. The minimum Gasteiger partial charge on any atom is -0.511 e. The number of hydrogen-bond acceptors (Lipinski definition) is 3. The Kier molecular flexibility index (Phi) is 2.58. The van der Waals surface area contributed by atoms with Crippen molar-refractivity contribution in [2.45, 2.75) is 26.2 Å². The molecule has 16 heavy (non-hydrogen) atoms. The highest BCUT2D eigenvalue weighted by Gasteiger charge is 2.36. The lowest BCUT2D eigenvalue weighted by Gasteiger charge is -2.33. The molecule has 3 N–H and O–H groups in total. The van der Waals surface area contributed by atoms with Crippen molar-refractivity contribution in [1.29, 1.82) is 0 Å². The van der Waals surface area contributed by atoms with Crippen molar-refractivity contribution in [3.63, 3.8) is 0 Å². The van der Waals surface area contributed by atoms with Gasteiger partial charge in [-0.3, -0.25) is 9.59 Å². The lowest BCUT2D eigenvalue weighted by atomic mass is 9.71. The molecule has 0 bridgehead atoms. The molecular weight excluding hydrogens is 206 g/mol. The van der Waals surface area contributed by atoms with Crippen LogP contribution in [0.15, 0.2) is 23.0 Å². The number of rotatable bonds is 1. The van der Waals surface area contributed by atoms with Gasteiger partial charge >= 0.3 is 0 Å². The summed E-state index contributed by atoms with van der Waals surface area (Å²) in [6.45, 7) is 1.83. The van der Waals surface area contributed by atoms with E-state index in [1.165, 1.54) is 6.08 Å². The molecule has 1 fully saturated rings. The highest BCUT2D eigenvalue weighted by atomic mass is 16.3. The van der Waals surface area contributed by atoms with Crippen LogP contribution in [-0.2, 0) is 9.59 Å². The Bertz CT molecular complexity index is 420. The third-order valence-electron chi connectivity index (χ3n) is 3.52. The number of carbonyl (C=O) groups excluding carboxylic acids is 2. The van der Waals surface area contributed by atoms with Gasteiger partial charge in [0, 0.05) is 12.3 Å². The van der Waals surface area contributed by atoms with Crippen LogP contribution in [0, 0.1) is 11.8 Å². The van der Waals surface area contributed by atoms with Crippen LogP contribution in [-0.4, -0.2) is 16.8 Å². The molecule has 0 aliphatic heterocycles. The fourth-order valence-electron chi connectivity index (χ4n) is 2.56. The fourth-order valence-corrected chi connectivity index (χ4v) is 2.56. The van der Waals surface area contributed by atoms with Gasteiger partial charge in [-0.15, -0.1) is 0 Å². The van der Waals surface area contributed by atoms with Gasteiger partial charge < -0.3 is 10.8 Å². The van der Waals surface area contributed by atoms with Gasteiger partial charge in [0.15, 0.2) is 5.78 Å². The van der Waals surface area contributed by atoms with Crippen LogP contribution in [0.1, 0.15) is 26.2 Å². The number of aliphatic hydroxyl groups excluding tert-OH is 1. The van der Waals surface area contributed by atoms with Crippen molar-refractivity contribution in [1.82, 2.24) is 0 Å². The van der Waals surface area contributed by atoms with Gasteiger partial charge in [-0.2, -0.15) is 0 Å². The summed E-state index contributed by atoms with van der Waals surface area (Å²) in [7, 11) is 0. The van der Waals surface area contributed by atoms with Crippen molar-refractivity contribution < 1.29 is 14.7 Å². The maximum Gasteiger partial charge on any atom is 0.252 e. The van der Waals surface area contributed by atoms with Crippen LogP contribution in [0.4, 0.5) is 0 Å². The van der Waals surface area contributed by atoms with E-state index in [1.54, 1.807) is 0 Å². The number of ketones is 1. The summed E-state index contributed by atoms with van der Waals surface area (Å²) in [5.74, 6) is -0.713. The molecule has 86 valence electrons. The van der Waals surface area contributed by atoms with Crippen molar-refractivity contribution in [2.24, 2.45) is 17.6 Å². The zero-order valence-electron chi connectivity index (χ0n) is 9.19. The summed E-state index contributed by atoms with van der Waals surface area (Å²) in [6, 6.07) is 0. The van der Waals surface area contributed by atoms with E-state index < -0.39 is 5.91 Å². The quantitative estimate of drug-likeness (QED) is 0.698. The normalized spacial score (nSPS) is 29.8. The van der Waals surface area contributed by atoms with E-state index in [1.807, 2.05) is 6.92 Å². The molecule has 2 aliphatic rings. The highest BCUT2D eigenvalue weighted by molar-refractivity contribution is 6.02. The summed E-state index contributed by atoms with van der Waals surface area (Å²) >= 11 is 0. The first-order chi connectivity index (χ1) is 7.52. The largest absolute Gasteiger partial charge is 0.511 e. The average molecular weight is 221 g/mol. The number of primary amides is 1. The van der Waals surface area contributed by atoms with Gasteiger partial charge in [0.05, 0.1) is 5.57 Å². The SMILES string of the molecule is CC1C(O)=C(C(N)=O)C=C2C(=O)CCCC21. The molecule has 0 radical (unpaired) electrons. The van der Waals surface area contributed by atoms with Crippen LogP contribution in [0.5, 0.6) is 0 Å². The van der Waals surface area contributed by atoms with E-state index in [0.29, 0.717) is 12.0 Å². The maximum absolute atomic E-state index is 11.7. The Hall–Kier alpha value is -1.58. The summed E-state index contributed by atoms with van der Waals surface area (Å²) in [4.78, 5) is 22.9. The van der Waals surface area contributed by atoms with Crippen LogP contribution in [0.2, 0.25) is 0 Å². The molecule has 0 aromatic heterocycles. The summed E-state index contributed by atoms with van der Waals surface area (Å²) in [5.41, 5.74) is 5.92. The number of amides is 1. The molecule has 0 saturated heterocycles. The summed E-state index contributed by atoms with van der Waals surface area (Å²) < 4.78 is 0. The van der Waals surface area contributed by atoms with Crippen molar-refractivity contribution in [3.8, 4) is 0 Å². The molecule has 2 atom stereocenters. The lowest BCUT2D eigenvalue weighted by Crippen LogP contribution is -2.31. The maximum atomic E-state index is 11.7. The number of fused-ring (bicyclic) bond motifs is 1. The predicted octanol–water partition coefficient (Wildman–Crippen LogP) is 1.23. The highest BCUT2D eigenvalue weighted by Crippen LogP contribution is 2.40. The van der Waals surface area contributed by atoms with Gasteiger partial charge in [-0.25, -0.2) is 0 Å². The number of carbonyl (C=O) groups is 2. The molecule has 1 amide bonds. The Labute approximate surface area is 93.8 Å². The Morgan fingerprint density at radius 2 is 2.25 bits per heavy atom. The Morgan fingerprint density at radius 1 is 1.56 bits per heavy atom. The molecule has 2 unspecified atom stereocenters. The van der Waals surface area contributed by atoms with Crippen LogP contribution in [0.3, 0.4) is 0 Å². The number of hydrogen-bond donors (Lipinski definition) is 2. The van der Waals surface area contributed by atoms with Gasteiger partial charge in [0.1, 0.15) is 5.76 Å². The third-order valence-corrected chi connectivity index (χ3v) is 3.52. The molecule has 2 rings (SSSR count).